The summed E-state index contributed by atoms with van der Waals surface area (Å²) in [6.07, 6.45) is 0. The second-order valence-corrected chi connectivity index (χ2v) is 5.86. The van der Waals surface area contributed by atoms with Gasteiger partial charge in [0.1, 0.15) is 11.5 Å². The van der Waals surface area contributed by atoms with Crippen LogP contribution >= 0.6 is 27.5 Å². The normalized spacial score (nSPS) is 10.8. The lowest BCUT2D eigenvalue weighted by atomic mass is 10.0. The highest BCUT2D eigenvalue weighted by molar-refractivity contribution is 9.10. The molecule has 0 saturated carbocycles. The number of rotatable bonds is 4. The van der Waals surface area contributed by atoms with Gasteiger partial charge in [0.2, 0.25) is 0 Å². The molecule has 0 radical (unpaired) electrons. The lowest BCUT2D eigenvalue weighted by Crippen LogP contribution is -1.95. The molecular formula is C16H16BrClO. The first-order chi connectivity index (χ1) is 9.11. The van der Waals surface area contributed by atoms with E-state index >= 15 is 0 Å². The highest BCUT2D eigenvalue weighted by atomic mass is 79.9. The predicted octanol–water partition coefficient (Wildman–Crippen LogP) is 6.10. The minimum absolute atomic E-state index is 0.419. The van der Waals surface area contributed by atoms with Gasteiger partial charge in [0.05, 0.1) is 5.88 Å². The van der Waals surface area contributed by atoms with Crippen molar-refractivity contribution in [3.8, 4) is 11.5 Å². The Morgan fingerprint density at radius 3 is 2.53 bits per heavy atom. The van der Waals surface area contributed by atoms with Gasteiger partial charge in [-0.3, -0.25) is 0 Å². The molecule has 100 valence electrons. The summed E-state index contributed by atoms with van der Waals surface area (Å²) in [6.45, 7) is 4.32. The molecule has 0 aliphatic heterocycles. The highest BCUT2D eigenvalue weighted by Crippen LogP contribution is 2.34. The SMILES string of the molecule is CC(C)c1ccccc1Oc1cc(Br)ccc1CCl. The molecule has 2 aromatic carbocycles. The Balaban J connectivity index is 2.38. The summed E-state index contributed by atoms with van der Waals surface area (Å²) in [5.74, 6) is 2.55. The van der Waals surface area contributed by atoms with Gasteiger partial charge in [0.15, 0.2) is 0 Å². The van der Waals surface area contributed by atoms with Crippen LogP contribution in [-0.2, 0) is 5.88 Å². The van der Waals surface area contributed by atoms with Crippen molar-refractivity contribution in [2.75, 3.05) is 0 Å². The molecular weight excluding hydrogens is 324 g/mol. The molecule has 0 amide bonds. The molecule has 0 atom stereocenters. The zero-order chi connectivity index (χ0) is 13.8. The van der Waals surface area contributed by atoms with Crippen LogP contribution in [0.2, 0.25) is 0 Å². The Kier molecular flexibility index (Phi) is 4.89. The highest BCUT2D eigenvalue weighted by Gasteiger charge is 2.10. The predicted molar refractivity (Wildman–Crippen MR) is 84.3 cm³/mol. The van der Waals surface area contributed by atoms with Crippen LogP contribution in [0.15, 0.2) is 46.9 Å². The molecule has 0 aliphatic carbocycles. The zero-order valence-electron chi connectivity index (χ0n) is 11.0. The monoisotopic (exact) mass is 338 g/mol. The minimum Gasteiger partial charge on any atom is -0.457 e. The third-order valence-electron chi connectivity index (χ3n) is 2.93. The molecule has 2 rings (SSSR count). The fraction of sp³-hybridized carbons (Fsp3) is 0.250. The van der Waals surface area contributed by atoms with Crippen molar-refractivity contribution >= 4 is 27.5 Å². The van der Waals surface area contributed by atoms with Crippen molar-refractivity contribution in [2.45, 2.75) is 25.6 Å². The van der Waals surface area contributed by atoms with E-state index in [0.29, 0.717) is 11.8 Å². The Morgan fingerprint density at radius 1 is 1.11 bits per heavy atom. The molecule has 2 aromatic rings. The average Bonchev–Trinajstić information content (AvgIpc) is 2.39. The van der Waals surface area contributed by atoms with Gasteiger partial charge in [-0.05, 0) is 29.7 Å². The zero-order valence-corrected chi connectivity index (χ0v) is 13.3. The first-order valence-corrected chi connectivity index (χ1v) is 7.55. The maximum absolute atomic E-state index is 6.06. The van der Waals surface area contributed by atoms with E-state index in [9.17, 15) is 0 Å². The van der Waals surface area contributed by atoms with E-state index in [4.69, 9.17) is 16.3 Å². The second-order valence-electron chi connectivity index (χ2n) is 4.68. The van der Waals surface area contributed by atoms with E-state index in [0.717, 1.165) is 21.5 Å². The van der Waals surface area contributed by atoms with E-state index < -0.39 is 0 Å². The topological polar surface area (TPSA) is 9.23 Å². The summed E-state index contributed by atoms with van der Waals surface area (Å²) < 4.78 is 7.04. The van der Waals surface area contributed by atoms with E-state index in [1.807, 2.05) is 36.4 Å². The summed E-state index contributed by atoms with van der Waals surface area (Å²) in [7, 11) is 0. The summed E-state index contributed by atoms with van der Waals surface area (Å²) in [4.78, 5) is 0. The maximum atomic E-state index is 6.06. The van der Waals surface area contributed by atoms with E-state index in [2.05, 4.69) is 35.8 Å². The summed E-state index contributed by atoms with van der Waals surface area (Å²) in [6, 6.07) is 14.0. The van der Waals surface area contributed by atoms with E-state index in [1.165, 1.54) is 5.56 Å². The molecule has 1 nitrogen and oxygen atoms in total. The summed E-state index contributed by atoms with van der Waals surface area (Å²) in [5, 5.41) is 0. The third kappa shape index (κ3) is 3.52. The number of alkyl halides is 1. The van der Waals surface area contributed by atoms with Crippen molar-refractivity contribution in [1.29, 1.82) is 0 Å². The van der Waals surface area contributed by atoms with Gasteiger partial charge >= 0.3 is 0 Å². The number of para-hydroxylation sites is 1. The van der Waals surface area contributed by atoms with Crippen LogP contribution in [0.25, 0.3) is 0 Å². The van der Waals surface area contributed by atoms with Gasteiger partial charge < -0.3 is 4.74 Å². The lowest BCUT2D eigenvalue weighted by molar-refractivity contribution is 0.468. The van der Waals surface area contributed by atoms with Gasteiger partial charge in [-0.1, -0.05) is 54.0 Å². The van der Waals surface area contributed by atoms with Crippen molar-refractivity contribution in [2.24, 2.45) is 0 Å². The molecule has 0 bridgehead atoms. The average molecular weight is 340 g/mol. The first-order valence-electron chi connectivity index (χ1n) is 6.23. The first kappa shape index (κ1) is 14.4. The number of hydrogen-bond donors (Lipinski definition) is 0. The molecule has 19 heavy (non-hydrogen) atoms. The lowest BCUT2D eigenvalue weighted by Gasteiger charge is -2.15. The molecule has 0 fully saturated rings. The maximum Gasteiger partial charge on any atom is 0.132 e. The largest absolute Gasteiger partial charge is 0.457 e. The Morgan fingerprint density at radius 2 is 1.84 bits per heavy atom. The van der Waals surface area contributed by atoms with Crippen LogP contribution in [-0.4, -0.2) is 0 Å². The smallest absolute Gasteiger partial charge is 0.132 e. The fourth-order valence-corrected chi connectivity index (χ4v) is 2.46. The summed E-state index contributed by atoms with van der Waals surface area (Å²) in [5.41, 5.74) is 2.19. The Hall–Kier alpha value is -0.990. The molecule has 0 unspecified atom stereocenters. The standard InChI is InChI=1S/C16H16BrClO/c1-11(2)14-5-3-4-6-15(14)19-16-9-13(17)8-7-12(16)10-18/h3-9,11H,10H2,1-2H3. The molecule has 3 heteroatoms. The Bertz CT molecular complexity index is 566. The fourth-order valence-electron chi connectivity index (χ4n) is 1.90. The van der Waals surface area contributed by atoms with Gasteiger partial charge in [-0.15, -0.1) is 11.6 Å². The molecule has 0 spiro atoms. The molecule has 0 aromatic heterocycles. The molecule has 0 aliphatic rings. The second kappa shape index (κ2) is 6.44. The number of ether oxygens (including phenoxy) is 1. The van der Waals surface area contributed by atoms with Crippen LogP contribution in [0.1, 0.15) is 30.9 Å². The van der Waals surface area contributed by atoms with Crippen molar-refractivity contribution in [3.05, 3.63) is 58.1 Å². The number of hydrogen-bond acceptors (Lipinski definition) is 1. The van der Waals surface area contributed by atoms with Crippen molar-refractivity contribution in [3.63, 3.8) is 0 Å². The quantitative estimate of drug-likeness (QED) is 0.611. The van der Waals surface area contributed by atoms with Gasteiger partial charge in [0.25, 0.3) is 0 Å². The van der Waals surface area contributed by atoms with Crippen LogP contribution < -0.4 is 4.74 Å². The van der Waals surface area contributed by atoms with Gasteiger partial charge in [0, 0.05) is 10.0 Å². The van der Waals surface area contributed by atoms with Crippen LogP contribution in [0.4, 0.5) is 0 Å². The molecule has 0 N–H and O–H groups in total. The van der Waals surface area contributed by atoms with Crippen LogP contribution in [0, 0.1) is 0 Å². The van der Waals surface area contributed by atoms with Crippen molar-refractivity contribution in [1.82, 2.24) is 0 Å². The van der Waals surface area contributed by atoms with E-state index in [1.54, 1.807) is 0 Å². The van der Waals surface area contributed by atoms with Gasteiger partial charge in [-0.25, -0.2) is 0 Å². The molecule has 0 saturated heterocycles. The van der Waals surface area contributed by atoms with Crippen molar-refractivity contribution < 1.29 is 4.74 Å². The number of benzene rings is 2. The minimum atomic E-state index is 0.419. The van der Waals surface area contributed by atoms with Gasteiger partial charge in [-0.2, -0.15) is 0 Å². The van der Waals surface area contributed by atoms with Crippen LogP contribution in [0.3, 0.4) is 0 Å². The Labute approximate surface area is 127 Å². The molecule has 0 heterocycles. The van der Waals surface area contributed by atoms with Crippen LogP contribution in [0.5, 0.6) is 11.5 Å². The summed E-state index contributed by atoms with van der Waals surface area (Å²) >= 11 is 9.42. The number of halogens is 2. The third-order valence-corrected chi connectivity index (χ3v) is 3.72. The van der Waals surface area contributed by atoms with E-state index in [-0.39, 0.29) is 0 Å².